The standard InChI is InChI=1S/C18H26O7/c1-21-16(20)12-10-13(19)15-14(11-12)24-17(6-2-4-8-22-17)18(25-15)7-3-5-9-23-18/h10,13-15,19H,2-9,11H2,1H3/t13-,14+,15+,17-,18-/m1/s1. The zero-order valence-corrected chi connectivity index (χ0v) is 14.6. The number of aliphatic hydroxyl groups is 1. The van der Waals surface area contributed by atoms with E-state index in [4.69, 9.17) is 23.7 Å². The number of esters is 1. The Morgan fingerprint density at radius 2 is 1.76 bits per heavy atom. The highest BCUT2D eigenvalue weighted by atomic mass is 16.8. The predicted molar refractivity (Wildman–Crippen MR) is 85.5 cm³/mol. The van der Waals surface area contributed by atoms with Crippen LogP contribution in [0.25, 0.3) is 0 Å². The summed E-state index contributed by atoms with van der Waals surface area (Å²) in [6.07, 6.45) is 5.08. The van der Waals surface area contributed by atoms with Gasteiger partial charge in [-0.3, -0.25) is 0 Å². The van der Waals surface area contributed by atoms with E-state index in [2.05, 4.69) is 0 Å². The number of aliphatic hydroxyl groups excluding tert-OH is 1. The molecule has 3 saturated heterocycles. The van der Waals surface area contributed by atoms with Crippen molar-refractivity contribution in [2.24, 2.45) is 0 Å². The van der Waals surface area contributed by atoms with Gasteiger partial charge in [-0.1, -0.05) is 0 Å². The minimum Gasteiger partial charge on any atom is -0.466 e. The normalized spacial score (nSPS) is 44.2. The number of hydrogen-bond acceptors (Lipinski definition) is 7. The fourth-order valence-corrected chi connectivity index (χ4v) is 4.43. The van der Waals surface area contributed by atoms with Crippen LogP contribution in [-0.4, -0.2) is 61.3 Å². The van der Waals surface area contributed by atoms with E-state index >= 15 is 0 Å². The topological polar surface area (TPSA) is 83.5 Å². The fourth-order valence-electron chi connectivity index (χ4n) is 4.43. The largest absolute Gasteiger partial charge is 0.466 e. The molecule has 7 nitrogen and oxygen atoms in total. The Kier molecular flexibility index (Phi) is 4.62. The lowest BCUT2D eigenvalue weighted by molar-refractivity contribution is -0.485. The molecule has 3 heterocycles. The predicted octanol–water partition coefficient (Wildman–Crippen LogP) is 1.43. The van der Waals surface area contributed by atoms with E-state index in [1.165, 1.54) is 13.2 Å². The van der Waals surface area contributed by atoms with E-state index in [-0.39, 0.29) is 0 Å². The molecule has 1 N–H and O–H groups in total. The number of hydrogen-bond donors (Lipinski definition) is 1. The second-order valence-electron chi connectivity index (χ2n) is 7.23. The summed E-state index contributed by atoms with van der Waals surface area (Å²) < 4.78 is 29.8. The molecular weight excluding hydrogens is 328 g/mol. The maximum atomic E-state index is 11.9. The molecule has 0 amide bonds. The molecule has 140 valence electrons. The van der Waals surface area contributed by atoms with Crippen molar-refractivity contribution in [3.8, 4) is 0 Å². The monoisotopic (exact) mass is 354 g/mol. The number of ether oxygens (including phenoxy) is 5. The number of fused-ring (bicyclic) bond motifs is 2. The first kappa shape index (κ1) is 17.4. The minimum atomic E-state index is -0.982. The molecule has 4 aliphatic rings. The van der Waals surface area contributed by atoms with E-state index in [0.717, 1.165) is 25.7 Å². The molecule has 5 atom stereocenters. The molecule has 1 aliphatic carbocycles. The maximum absolute atomic E-state index is 11.9. The molecule has 0 aromatic carbocycles. The van der Waals surface area contributed by atoms with Crippen molar-refractivity contribution in [3.05, 3.63) is 11.6 Å². The Morgan fingerprint density at radius 3 is 2.32 bits per heavy atom. The van der Waals surface area contributed by atoms with Gasteiger partial charge in [0.1, 0.15) is 12.2 Å². The van der Waals surface area contributed by atoms with Gasteiger partial charge in [0.25, 0.3) is 0 Å². The molecule has 0 saturated carbocycles. The van der Waals surface area contributed by atoms with E-state index < -0.39 is 35.9 Å². The molecule has 4 rings (SSSR count). The number of methoxy groups -OCH3 is 1. The van der Waals surface area contributed by atoms with Gasteiger partial charge < -0.3 is 28.8 Å². The lowest BCUT2D eigenvalue weighted by Gasteiger charge is -2.59. The van der Waals surface area contributed by atoms with Gasteiger partial charge in [0.2, 0.25) is 11.6 Å². The van der Waals surface area contributed by atoms with Crippen LogP contribution >= 0.6 is 0 Å². The third-order valence-corrected chi connectivity index (χ3v) is 5.66. The molecule has 0 aromatic heterocycles. The minimum absolute atomic E-state index is 0.329. The van der Waals surface area contributed by atoms with Gasteiger partial charge in [0, 0.05) is 24.8 Å². The molecule has 0 radical (unpaired) electrons. The highest BCUT2D eigenvalue weighted by Gasteiger charge is 2.64. The lowest BCUT2D eigenvalue weighted by Crippen LogP contribution is -2.71. The average molecular weight is 354 g/mol. The molecule has 3 aliphatic heterocycles. The van der Waals surface area contributed by atoms with Crippen LogP contribution in [-0.2, 0) is 28.5 Å². The number of rotatable bonds is 1. The Hall–Kier alpha value is -0.990. The molecule has 0 unspecified atom stereocenters. The summed E-state index contributed by atoms with van der Waals surface area (Å²) in [5, 5.41) is 10.5. The SMILES string of the molecule is COC(=O)C1=C[C@@H](O)[C@@H]2O[C@]3(CCCCO3)[C@@]3(CCCCO3)O[C@H]2C1. The van der Waals surface area contributed by atoms with Crippen molar-refractivity contribution in [1.29, 1.82) is 0 Å². The first-order valence-corrected chi connectivity index (χ1v) is 9.20. The third kappa shape index (κ3) is 2.82. The molecule has 0 bridgehead atoms. The van der Waals surface area contributed by atoms with Crippen LogP contribution in [0.4, 0.5) is 0 Å². The van der Waals surface area contributed by atoms with Crippen LogP contribution in [0.3, 0.4) is 0 Å². The smallest absolute Gasteiger partial charge is 0.333 e. The molecule has 2 spiro atoms. The number of carbonyl (C=O) groups is 1. The van der Waals surface area contributed by atoms with Gasteiger partial charge in [-0.15, -0.1) is 0 Å². The quantitative estimate of drug-likeness (QED) is 0.713. The van der Waals surface area contributed by atoms with Gasteiger partial charge in [-0.25, -0.2) is 4.79 Å². The zero-order valence-electron chi connectivity index (χ0n) is 14.6. The summed E-state index contributed by atoms with van der Waals surface area (Å²) in [6.45, 7) is 1.18. The molecule has 25 heavy (non-hydrogen) atoms. The van der Waals surface area contributed by atoms with E-state index in [0.29, 0.717) is 38.0 Å². The molecule has 3 fully saturated rings. The Labute approximate surface area is 147 Å². The summed E-state index contributed by atoms with van der Waals surface area (Å²) in [5.41, 5.74) is 0.409. The van der Waals surface area contributed by atoms with Crippen LogP contribution in [0.5, 0.6) is 0 Å². The Balaban J connectivity index is 1.66. The first-order chi connectivity index (χ1) is 12.1. The highest BCUT2D eigenvalue weighted by Crippen LogP contribution is 2.51. The highest BCUT2D eigenvalue weighted by molar-refractivity contribution is 5.88. The van der Waals surface area contributed by atoms with Crippen LogP contribution in [0.1, 0.15) is 44.9 Å². The zero-order chi connectivity index (χ0) is 17.5. The summed E-state index contributed by atoms with van der Waals surface area (Å²) in [6, 6.07) is 0. The second kappa shape index (κ2) is 6.63. The van der Waals surface area contributed by atoms with Crippen molar-refractivity contribution < 1.29 is 33.6 Å². The summed E-state index contributed by atoms with van der Waals surface area (Å²) in [5.74, 6) is -2.40. The van der Waals surface area contributed by atoms with E-state index in [9.17, 15) is 9.90 Å². The molecule has 0 aromatic rings. The van der Waals surface area contributed by atoms with Crippen LogP contribution in [0.15, 0.2) is 11.6 Å². The average Bonchev–Trinajstić information content (AvgIpc) is 2.64. The van der Waals surface area contributed by atoms with E-state index in [1.807, 2.05) is 0 Å². The molecule has 7 heteroatoms. The van der Waals surface area contributed by atoms with Crippen molar-refractivity contribution in [2.75, 3.05) is 20.3 Å². The maximum Gasteiger partial charge on any atom is 0.333 e. The third-order valence-electron chi connectivity index (χ3n) is 5.66. The first-order valence-electron chi connectivity index (χ1n) is 9.20. The van der Waals surface area contributed by atoms with Crippen molar-refractivity contribution in [3.63, 3.8) is 0 Å². The number of carbonyl (C=O) groups excluding carboxylic acids is 1. The van der Waals surface area contributed by atoms with Crippen LogP contribution < -0.4 is 0 Å². The molecular formula is C18H26O7. The fraction of sp³-hybridized carbons (Fsp3) is 0.833. The van der Waals surface area contributed by atoms with Crippen molar-refractivity contribution >= 4 is 5.97 Å². The van der Waals surface area contributed by atoms with Gasteiger partial charge in [0.05, 0.1) is 26.4 Å². The lowest BCUT2D eigenvalue weighted by atomic mass is 9.84. The van der Waals surface area contributed by atoms with Crippen molar-refractivity contribution in [1.82, 2.24) is 0 Å². The van der Waals surface area contributed by atoms with Crippen LogP contribution in [0, 0.1) is 0 Å². The summed E-state index contributed by atoms with van der Waals surface area (Å²) >= 11 is 0. The van der Waals surface area contributed by atoms with Gasteiger partial charge >= 0.3 is 5.97 Å². The Bertz CT molecular complexity index is 546. The van der Waals surface area contributed by atoms with Gasteiger partial charge in [0.15, 0.2) is 0 Å². The second-order valence-corrected chi connectivity index (χ2v) is 7.23. The van der Waals surface area contributed by atoms with E-state index in [1.54, 1.807) is 0 Å². The van der Waals surface area contributed by atoms with Gasteiger partial charge in [-0.2, -0.15) is 0 Å². The van der Waals surface area contributed by atoms with Crippen LogP contribution in [0.2, 0.25) is 0 Å². The Morgan fingerprint density at radius 1 is 1.12 bits per heavy atom. The summed E-state index contributed by atoms with van der Waals surface area (Å²) in [7, 11) is 1.33. The van der Waals surface area contributed by atoms with Crippen molar-refractivity contribution in [2.45, 2.75) is 74.8 Å². The van der Waals surface area contributed by atoms with Gasteiger partial charge in [-0.05, 0) is 31.8 Å². The summed E-state index contributed by atoms with van der Waals surface area (Å²) in [4.78, 5) is 11.9.